The van der Waals surface area contributed by atoms with Gasteiger partial charge in [-0.3, -0.25) is 0 Å². The molecular formula is C17H24ClNO2. The van der Waals surface area contributed by atoms with Crippen molar-refractivity contribution in [1.82, 2.24) is 5.32 Å². The highest BCUT2D eigenvalue weighted by Crippen LogP contribution is 2.32. The molecule has 0 amide bonds. The number of hydrogen-bond acceptors (Lipinski definition) is 3. The van der Waals surface area contributed by atoms with Crippen molar-refractivity contribution < 1.29 is 9.15 Å². The van der Waals surface area contributed by atoms with Crippen LogP contribution in [-0.2, 0) is 4.74 Å². The van der Waals surface area contributed by atoms with E-state index in [0.717, 1.165) is 36.1 Å². The van der Waals surface area contributed by atoms with Crippen LogP contribution in [0.4, 0.5) is 0 Å². The van der Waals surface area contributed by atoms with Gasteiger partial charge in [0.15, 0.2) is 5.58 Å². The summed E-state index contributed by atoms with van der Waals surface area (Å²) in [7, 11) is 0. The largest absolute Gasteiger partial charge is 0.458 e. The summed E-state index contributed by atoms with van der Waals surface area (Å²) in [5.41, 5.74) is 0.754. The van der Waals surface area contributed by atoms with Crippen LogP contribution in [0.1, 0.15) is 45.4 Å². The summed E-state index contributed by atoms with van der Waals surface area (Å²) in [4.78, 5) is 0. The lowest BCUT2D eigenvalue weighted by atomic mass is 10.0. The van der Waals surface area contributed by atoms with Crippen LogP contribution >= 0.6 is 11.6 Å². The van der Waals surface area contributed by atoms with Crippen molar-refractivity contribution in [3.8, 4) is 0 Å². The molecule has 4 heteroatoms. The first-order chi connectivity index (χ1) is 10.2. The molecule has 0 spiro atoms. The van der Waals surface area contributed by atoms with Gasteiger partial charge in [-0.1, -0.05) is 44.0 Å². The van der Waals surface area contributed by atoms with E-state index in [2.05, 4.69) is 25.2 Å². The van der Waals surface area contributed by atoms with Crippen molar-refractivity contribution in [3.63, 3.8) is 0 Å². The smallest absolute Gasteiger partial charge is 0.152 e. The molecule has 21 heavy (non-hydrogen) atoms. The van der Waals surface area contributed by atoms with Crippen LogP contribution in [-0.4, -0.2) is 19.3 Å². The highest BCUT2D eigenvalue weighted by Gasteiger charge is 2.25. The quantitative estimate of drug-likeness (QED) is 0.750. The van der Waals surface area contributed by atoms with Crippen molar-refractivity contribution in [2.24, 2.45) is 0 Å². The van der Waals surface area contributed by atoms with Gasteiger partial charge in [-0.25, -0.2) is 0 Å². The predicted octanol–water partition coefficient (Wildman–Crippen LogP) is 4.94. The van der Waals surface area contributed by atoms with E-state index in [9.17, 15) is 0 Å². The minimum Gasteiger partial charge on any atom is -0.458 e. The van der Waals surface area contributed by atoms with Gasteiger partial charge >= 0.3 is 0 Å². The van der Waals surface area contributed by atoms with Crippen molar-refractivity contribution in [2.75, 3.05) is 13.2 Å². The van der Waals surface area contributed by atoms with Gasteiger partial charge in [-0.15, -0.1) is 0 Å². The van der Waals surface area contributed by atoms with E-state index in [0.29, 0.717) is 11.6 Å². The normalized spacial score (nSPS) is 14.5. The number of ether oxygens (including phenoxy) is 1. The minimum atomic E-state index is 0.0540. The molecule has 1 N–H and O–H groups in total. The zero-order valence-electron chi connectivity index (χ0n) is 13.0. The zero-order chi connectivity index (χ0) is 15.2. The standard InChI is InChI=1S/C17H24ClNO2/c1-4-8-14(20-6-3)16(19-5-2)15-11-12-9-7-10-13(18)17(12)21-15/h7,9-11,14,16,19H,4-6,8H2,1-3H3. The Morgan fingerprint density at radius 3 is 2.71 bits per heavy atom. The number of rotatable bonds is 8. The number of benzene rings is 1. The van der Waals surface area contributed by atoms with Gasteiger partial charge in [0.1, 0.15) is 5.76 Å². The monoisotopic (exact) mass is 309 g/mol. The minimum absolute atomic E-state index is 0.0540. The summed E-state index contributed by atoms with van der Waals surface area (Å²) >= 11 is 6.21. The number of para-hydroxylation sites is 1. The number of likely N-dealkylation sites (N-methyl/N-ethyl adjacent to an activating group) is 1. The number of furan rings is 1. The molecule has 0 fully saturated rings. The van der Waals surface area contributed by atoms with Crippen LogP contribution in [0.5, 0.6) is 0 Å². The first-order valence-corrected chi connectivity index (χ1v) is 8.11. The molecule has 0 aliphatic rings. The molecule has 0 bridgehead atoms. The van der Waals surface area contributed by atoms with Crippen LogP contribution in [0.25, 0.3) is 11.0 Å². The molecule has 0 saturated carbocycles. The maximum atomic E-state index is 6.21. The Balaban J connectivity index is 2.36. The summed E-state index contributed by atoms with van der Waals surface area (Å²) < 4.78 is 11.9. The van der Waals surface area contributed by atoms with E-state index < -0.39 is 0 Å². The first-order valence-electron chi connectivity index (χ1n) is 7.74. The molecule has 2 unspecified atom stereocenters. The van der Waals surface area contributed by atoms with Gasteiger partial charge in [0.05, 0.1) is 17.2 Å². The molecule has 2 rings (SSSR count). The predicted molar refractivity (Wildman–Crippen MR) is 88.0 cm³/mol. The van der Waals surface area contributed by atoms with Gasteiger partial charge in [0.25, 0.3) is 0 Å². The lowest BCUT2D eigenvalue weighted by Crippen LogP contribution is -2.33. The van der Waals surface area contributed by atoms with Gasteiger partial charge in [0, 0.05) is 12.0 Å². The van der Waals surface area contributed by atoms with E-state index in [1.807, 2.05) is 25.1 Å². The summed E-state index contributed by atoms with van der Waals surface area (Å²) in [5.74, 6) is 0.895. The number of hydrogen-bond donors (Lipinski definition) is 1. The van der Waals surface area contributed by atoms with E-state index in [1.165, 1.54) is 0 Å². The van der Waals surface area contributed by atoms with E-state index in [-0.39, 0.29) is 12.1 Å². The van der Waals surface area contributed by atoms with Gasteiger partial charge in [-0.05, 0) is 32.0 Å². The first kappa shape index (κ1) is 16.3. The number of fused-ring (bicyclic) bond motifs is 1. The molecule has 1 aromatic heterocycles. The molecule has 2 atom stereocenters. The fourth-order valence-electron chi connectivity index (χ4n) is 2.68. The number of nitrogens with one attached hydrogen (secondary N) is 1. The molecule has 0 aliphatic heterocycles. The van der Waals surface area contributed by atoms with Gasteiger partial charge in [-0.2, -0.15) is 0 Å². The Kier molecular flexibility index (Phi) is 6.09. The van der Waals surface area contributed by atoms with Crippen molar-refractivity contribution in [2.45, 2.75) is 45.8 Å². The molecule has 1 heterocycles. The van der Waals surface area contributed by atoms with Crippen molar-refractivity contribution in [3.05, 3.63) is 35.0 Å². The van der Waals surface area contributed by atoms with Crippen molar-refractivity contribution in [1.29, 1.82) is 0 Å². The molecular weight excluding hydrogens is 286 g/mol. The highest BCUT2D eigenvalue weighted by molar-refractivity contribution is 6.34. The van der Waals surface area contributed by atoms with Crippen LogP contribution in [0, 0.1) is 0 Å². The topological polar surface area (TPSA) is 34.4 Å². The summed E-state index contributed by atoms with van der Waals surface area (Å²) in [5, 5.41) is 5.17. The second-order valence-electron chi connectivity index (χ2n) is 5.12. The maximum absolute atomic E-state index is 6.21. The fourth-order valence-corrected chi connectivity index (χ4v) is 2.90. The summed E-state index contributed by atoms with van der Waals surface area (Å²) in [6.07, 6.45) is 2.18. The van der Waals surface area contributed by atoms with Gasteiger partial charge < -0.3 is 14.5 Å². The molecule has 1 aromatic carbocycles. The Morgan fingerprint density at radius 1 is 1.29 bits per heavy atom. The Hall–Kier alpha value is -1.03. The van der Waals surface area contributed by atoms with Crippen LogP contribution < -0.4 is 5.32 Å². The van der Waals surface area contributed by atoms with E-state index in [1.54, 1.807) is 0 Å². The second kappa shape index (κ2) is 7.83. The Labute approximate surface area is 131 Å². The SMILES string of the molecule is CCCC(OCC)C(NCC)c1cc2cccc(Cl)c2o1. The Bertz CT molecular complexity index is 561. The molecule has 2 aromatic rings. The molecule has 116 valence electrons. The summed E-state index contributed by atoms with van der Waals surface area (Å²) in [6, 6.07) is 7.94. The van der Waals surface area contributed by atoms with E-state index in [4.69, 9.17) is 20.8 Å². The lowest BCUT2D eigenvalue weighted by molar-refractivity contribution is 0.0229. The average molecular weight is 310 g/mol. The van der Waals surface area contributed by atoms with E-state index >= 15 is 0 Å². The van der Waals surface area contributed by atoms with Crippen molar-refractivity contribution >= 4 is 22.6 Å². The molecule has 3 nitrogen and oxygen atoms in total. The second-order valence-corrected chi connectivity index (χ2v) is 5.53. The van der Waals surface area contributed by atoms with Crippen LogP contribution in [0.3, 0.4) is 0 Å². The average Bonchev–Trinajstić information content (AvgIpc) is 2.90. The van der Waals surface area contributed by atoms with Crippen LogP contribution in [0.2, 0.25) is 5.02 Å². The molecule has 0 saturated heterocycles. The highest BCUT2D eigenvalue weighted by atomic mass is 35.5. The zero-order valence-corrected chi connectivity index (χ0v) is 13.7. The third-order valence-electron chi connectivity index (χ3n) is 3.57. The maximum Gasteiger partial charge on any atom is 0.152 e. The Morgan fingerprint density at radius 2 is 2.10 bits per heavy atom. The van der Waals surface area contributed by atoms with Crippen LogP contribution in [0.15, 0.2) is 28.7 Å². The molecule has 0 aliphatic carbocycles. The summed E-state index contributed by atoms with van der Waals surface area (Å²) in [6.45, 7) is 7.86. The number of halogens is 1. The molecule has 0 radical (unpaired) electrons. The fraction of sp³-hybridized carbons (Fsp3) is 0.529. The lowest BCUT2D eigenvalue weighted by Gasteiger charge is -2.26. The third kappa shape index (κ3) is 3.79. The third-order valence-corrected chi connectivity index (χ3v) is 3.87. The van der Waals surface area contributed by atoms with Gasteiger partial charge in [0.2, 0.25) is 0 Å².